The van der Waals surface area contributed by atoms with Gasteiger partial charge in [-0.2, -0.15) is 13.2 Å². The highest BCUT2D eigenvalue weighted by Crippen LogP contribution is 2.39. The first-order valence-corrected chi connectivity index (χ1v) is 6.82. The predicted molar refractivity (Wildman–Crippen MR) is 76.5 cm³/mol. The molecule has 1 saturated heterocycles. The lowest BCUT2D eigenvalue weighted by atomic mass is 9.99. The SMILES string of the molecule is Cl.Fc1ccc(F)c([C@@H](CC(F)(F)F)N2CCNCC2)c1Cl. The molecule has 0 bridgehead atoms. The maximum absolute atomic E-state index is 13.9. The van der Waals surface area contributed by atoms with E-state index in [4.69, 9.17) is 11.6 Å². The van der Waals surface area contributed by atoms with E-state index in [1.54, 1.807) is 0 Å². The number of hydrogen-bond donors (Lipinski definition) is 1. The Morgan fingerprint density at radius 3 is 2.23 bits per heavy atom. The van der Waals surface area contributed by atoms with Crippen molar-refractivity contribution in [2.75, 3.05) is 26.2 Å². The van der Waals surface area contributed by atoms with Crippen molar-refractivity contribution in [3.63, 3.8) is 0 Å². The van der Waals surface area contributed by atoms with E-state index in [1.807, 2.05) is 0 Å². The second-order valence-electron chi connectivity index (χ2n) is 4.88. The molecule has 0 amide bonds. The van der Waals surface area contributed by atoms with Crippen LogP contribution in [0, 0.1) is 11.6 Å². The molecule has 9 heteroatoms. The van der Waals surface area contributed by atoms with Crippen LogP contribution < -0.4 is 5.32 Å². The van der Waals surface area contributed by atoms with Gasteiger partial charge in [0.2, 0.25) is 0 Å². The van der Waals surface area contributed by atoms with E-state index in [-0.39, 0.29) is 12.4 Å². The van der Waals surface area contributed by atoms with E-state index in [0.29, 0.717) is 26.2 Å². The Labute approximate surface area is 136 Å². The Kier molecular flexibility index (Phi) is 6.85. The molecule has 0 aliphatic carbocycles. The first kappa shape index (κ1) is 19.4. The first-order chi connectivity index (χ1) is 9.79. The topological polar surface area (TPSA) is 15.3 Å². The molecule has 1 N–H and O–H groups in total. The van der Waals surface area contributed by atoms with E-state index >= 15 is 0 Å². The van der Waals surface area contributed by atoms with Gasteiger partial charge in [-0.1, -0.05) is 11.6 Å². The normalized spacial score (nSPS) is 17.9. The summed E-state index contributed by atoms with van der Waals surface area (Å²) in [7, 11) is 0. The average molecular weight is 365 g/mol. The van der Waals surface area contributed by atoms with Crippen LogP contribution in [0.1, 0.15) is 18.0 Å². The Balaban J connectivity index is 0.00000242. The molecule has 0 spiro atoms. The number of alkyl halides is 3. The summed E-state index contributed by atoms with van der Waals surface area (Å²) >= 11 is 5.72. The number of nitrogens with zero attached hydrogens (tertiary/aromatic N) is 1. The highest BCUT2D eigenvalue weighted by atomic mass is 35.5. The minimum Gasteiger partial charge on any atom is -0.314 e. The van der Waals surface area contributed by atoms with E-state index in [2.05, 4.69) is 5.32 Å². The van der Waals surface area contributed by atoms with Crippen LogP contribution in [0.2, 0.25) is 5.02 Å². The van der Waals surface area contributed by atoms with E-state index in [9.17, 15) is 22.0 Å². The zero-order valence-corrected chi connectivity index (χ0v) is 13.0. The molecular weight excluding hydrogens is 350 g/mol. The van der Waals surface area contributed by atoms with Gasteiger partial charge in [0.25, 0.3) is 0 Å². The molecule has 1 aliphatic heterocycles. The van der Waals surface area contributed by atoms with Crippen LogP contribution >= 0.6 is 24.0 Å². The second-order valence-corrected chi connectivity index (χ2v) is 5.26. The molecule has 1 heterocycles. The van der Waals surface area contributed by atoms with Crippen LogP contribution in [-0.2, 0) is 0 Å². The standard InChI is InChI=1S/C13H14ClF5N2.ClH/c14-12-9(16)2-1-8(15)11(12)10(7-13(17,18)19)21-5-3-20-4-6-21;/h1-2,10,20H,3-7H2;1H/t10-;/m1./s1. The highest BCUT2D eigenvalue weighted by Gasteiger charge is 2.38. The molecule has 0 aromatic heterocycles. The van der Waals surface area contributed by atoms with Crippen LogP contribution in [0.25, 0.3) is 0 Å². The molecule has 1 atom stereocenters. The van der Waals surface area contributed by atoms with Gasteiger partial charge in [0.1, 0.15) is 11.6 Å². The molecule has 1 fully saturated rings. The molecule has 1 aliphatic rings. The van der Waals surface area contributed by atoms with E-state index in [0.717, 1.165) is 12.1 Å². The number of piperazine rings is 1. The number of nitrogens with one attached hydrogen (secondary N) is 1. The zero-order valence-electron chi connectivity index (χ0n) is 11.4. The Morgan fingerprint density at radius 1 is 1.14 bits per heavy atom. The molecule has 2 rings (SSSR count). The van der Waals surface area contributed by atoms with Crippen LogP contribution in [0.4, 0.5) is 22.0 Å². The zero-order chi connectivity index (χ0) is 15.6. The van der Waals surface area contributed by atoms with Crippen LogP contribution in [0.3, 0.4) is 0 Å². The maximum Gasteiger partial charge on any atom is 0.390 e. The molecule has 0 saturated carbocycles. The fraction of sp³-hybridized carbons (Fsp3) is 0.538. The summed E-state index contributed by atoms with van der Waals surface area (Å²) in [5.41, 5.74) is -0.420. The average Bonchev–Trinajstić information content (AvgIpc) is 2.42. The summed E-state index contributed by atoms with van der Waals surface area (Å²) in [4.78, 5) is 1.48. The monoisotopic (exact) mass is 364 g/mol. The molecule has 22 heavy (non-hydrogen) atoms. The van der Waals surface area contributed by atoms with E-state index in [1.165, 1.54) is 4.90 Å². The number of halogens is 7. The van der Waals surface area contributed by atoms with Gasteiger partial charge >= 0.3 is 6.18 Å². The molecule has 126 valence electrons. The Bertz CT molecular complexity index is 504. The lowest BCUT2D eigenvalue weighted by molar-refractivity contribution is -0.149. The maximum atomic E-state index is 13.9. The van der Waals surface area contributed by atoms with Crippen molar-refractivity contribution < 1.29 is 22.0 Å². The van der Waals surface area contributed by atoms with Gasteiger partial charge in [-0.25, -0.2) is 8.78 Å². The summed E-state index contributed by atoms with van der Waals surface area (Å²) < 4.78 is 65.9. The van der Waals surface area contributed by atoms with Crippen molar-refractivity contribution >= 4 is 24.0 Å². The van der Waals surface area contributed by atoms with Gasteiger partial charge in [0.15, 0.2) is 0 Å². The van der Waals surface area contributed by atoms with Crippen LogP contribution in [-0.4, -0.2) is 37.3 Å². The molecule has 2 nitrogen and oxygen atoms in total. The largest absolute Gasteiger partial charge is 0.390 e. The molecular formula is C13H15Cl2F5N2. The van der Waals surface area contributed by atoms with Crippen molar-refractivity contribution in [1.29, 1.82) is 0 Å². The predicted octanol–water partition coefficient (Wildman–Crippen LogP) is 3.94. The smallest absolute Gasteiger partial charge is 0.314 e. The summed E-state index contributed by atoms with van der Waals surface area (Å²) in [6, 6.07) is 0.293. The first-order valence-electron chi connectivity index (χ1n) is 6.44. The lowest BCUT2D eigenvalue weighted by Crippen LogP contribution is -2.46. The minimum absolute atomic E-state index is 0. The van der Waals surface area contributed by atoms with Gasteiger partial charge in [-0.15, -0.1) is 12.4 Å². The molecule has 0 radical (unpaired) electrons. The number of rotatable bonds is 3. The Hall–Kier alpha value is -0.630. The third-order valence-electron chi connectivity index (χ3n) is 3.43. The van der Waals surface area contributed by atoms with Crippen LogP contribution in [0.5, 0.6) is 0 Å². The summed E-state index contributed by atoms with van der Waals surface area (Å²) in [5, 5.41) is 2.42. The summed E-state index contributed by atoms with van der Waals surface area (Å²) in [6.45, 7) is 1.60. The molecule has 0 unspecified atom stereocenters. The lowest BCUT2D eigenvalue weighted by Gasteiger charge is -2.36. The quantitative estimate of drug-likeness (QED) is 0.645. The minimum atomic E-state index is -4.50. The highest BCUT2D eigenvalue weighted by molar-refractivity contribution is 6.31. The van der Waals surface area contributed by atoms with Crippen molar-refractivity contribution in [2.24, 2.45) is 0 Å². The van der Waals surface area contributed by atoms with E-state index < -0.39 is 40.9 Å². The molecule has 1 aromatic carbocycles. The summed E-state index contributed by atoms with van der Waals surface area (Å²) in [6.07, 6.45) is -5.77. The summed E-state index contributed by atoms with van der Waals surface area (Å²) in [5.74, 6) is -1.84. The van der Waals surface area contributed by atoms with Crippen molar-refractivity contribution in [3.8, 4) is 0 Å². The third kappa shape index (κ3) is 4.68. The molecule has 1 aromatic rings. The van der Waals surface area contributed by atoms with Crippen molar-refractivity contribution in [1.82, 2.24) is 10.2 Å². The van der Waals surface area contributed by atoms with Gasteiger partial charge in [0, 0.05) is 37.8 Å². The second kappa shape index (κ2) is 7.77. The van der Waals surface area contributed by atoms with Crippen molar-refractivity contribution in [3.05, 3.63) is 34.4 Å². The van der Waals surface area contributed by atoms with Gasteiger partial charge in [-0.05, 0) is 12.1 Å². The van der Waals surface area contributed by atoms with Crippen LogP contribution in [0.15, 0.2) is 12.1 Å². The fourth-order valence-corrected chi connectivity index (χ4v) is 2.75. The van der Waals surface area contributed by atoms with Crippen molar-refractivity contribution in [2.45, 2.75) is 18.6 Å². The Morgan fingerprint density at radius 2 is 1.68 bits per heavy atom. The van der Waals surface area contributed by atoms with Gasteiger partial charge in [0.05, 0.1) is 11.4 Å². The number of hydrogen-bond acceptors (Lipinski definition) is 2. The number of benzene rings is 1. The fourth-order valence-electron chi connectivity index (χ4n) is 2.47. The third-order valence-corrected chi connectivity index (χ3v) is 3.81. The van der Waals surface area contributed by atoms with Gasteiger partial charge in [-0.3, -0.25) is 4.90 Å². The van der Waals surface area contributed by atoms with Gasteiger partial charge < -0.3 is 5.32 Å².